The smallest absolute Gasteiger partial charge is 0.339 e. The highest BCUT2D eigenvalue weighted by Gasteiger charge is 2.24. The van der Waals surface area contributed by atoms with Gasteiger partial charge in [0, 0.05) is 0 Å². The van der Waals surface area contributed by atoms with Gasteiger partial charge in [-0.1, -0.05) is 12.1 Å². The SMILES string of the molecule is COc1ccc(Cn2ncc(C(=O)O)c2C(F)F)cc1. The molecule has 0 spiro atoms. The summed E-state index contributed by atoms with van der Waals surface area (Å²) in [6, 6.07) is 6.80. The van der Waals surface area contributed by atoms with E-state index in [1.54, 1.807) is 24.3 Å². The minimum Gasteiger partial charge on any atom is -0.497 e. The van der Waals surface area contributed by atoms with Crippen LogP contribution in [0, 0.1) is 0 Å². The average molecular weight is 282 g/mol. The summed E-state index contributed by atoms with van der Waals surface area (Å²) in [5.41, 5.74) is -0.352. The molecular weight excluding hydrogens is 270 g/mol. The third-order valence-electron chi connectivity index (χ3n) is 2.81. The molecule has 0 bridgehead atoms. The van der Waals surface area contributed by atoms with Crippen LogP contribution in [0.2, 0.25) is 0 Å². The van der Waals surface area contributed by atoms with Crippen LogP contribution in [0.1, 0.15) is 28.0 Å². The van der Waals surface area contributed by atoms with Gasteiger partial charge in [0.25, 0.3) is 6.43 Å². The molecular formula is C13H12F2N2O3. The normalized spacial score (nSPS) is 10.8. The van der Waals surface area contributed by atoms with Crippen molar-refractivity contribution in [3.63, 3.8) is 0 Å². The molecule has 20 heavy (non-hydrogen) atoms. The van der Waals surface area contributed by atoms with Crippen molar-refractivity contribution in [1.82, 2.24) is 9.78 Å². The second-order valence-electron chi connectivity index (χ2n) is 4.06. The molecule has 0 aliphatic rings. The van der Waals surface area contributed by atoms with Gasteiger partial charge < -0.3 is 9.84 Å². The van der Waals surface area contributed by atoms with Crippen LogP contribution in [0.25, 0.3) is 0 Å². The van der Waals surface area contributed by atoms with Gasteiger partial charge in [-0.25, -0.2) is 13.6 Å². The highest BCUT2D eigenvalue weighted by atomic mass is 19.3. The summed E-state index contributed by atoms with van der Waals surface area (Å²) in [4.78, 5) is 10.9. The zero-order chi connectivity index (χ0) is 14.7. The fourth-order valence-electron chi connectivity index (χ4n) is 1.82. The van der Waals surface area contributed by atoms with E-state index < -0.39 is 23.7 Å². The maximum atomic E-state index is 13.0. The number of aromatic nitrogens is 2. The zero-order valence-electron chi connectivity index (χ0n) is 10.6. The Morgan fingerprint density at radius 3 is 2.55 bits per heavy atom. The summed E-state index contributed by atoms with van der Waals surface area (Å²) in [6.07, 6.45) is -1.96. The molecule has 1 heterocycles. The Hall–Kier alpha value is -2.44. The molecule has 0 aliphatic carbocycles. The van der Waals surface area contributed by atoms with Gasteiger partial charge in [0.2, 0.25) is 0 Å². The van der Waals surface area contributed by atoms with E-state index in [1.807, 2.05) is 0 Å². The topological polar surface area (TPSA) is 64.4 Å². The Morgan fingerprint density at radius 2 is 2.05 bits per heavy atom. The van der Waals surface area contributed by atoms with Gasteiger partial charge in [-0.15, -0.1) is 0 Å². The molecule has 5 nitrogen and oxygen atoms in total. The summed E-state index contributed by atoms with van der Waals surface area (Å²) in [6.45, 7) is 0.0664. The molecule has 7 heteroatoms. The first-order chi connectivity index (χ1) is 9.52. The van der Waals surface area contributed by atoms with E-state index in [-0.39, 0.29) is 6.54 Å². The van der Waals surface area contributed by atoms with E-state index >= 15 is 0 Å². The van der Waals surface area contributed by atoms with Crippen LogP contribution >= 0.6 is 0 Å². The predicted octanol–water partition coefficient (Wildman–Crippen LogP) is 2.58. The van der Waals surface area contributed by atoms with E-state index in [0.717, 1.165) is 10.9 Å². The number of nitrogens with zero attached hydrogens (tertiary/aromatic N) is 2. The predicted molar refractivity (Wildman–Crippen MR) is 66.2 cm³/mol. The molecule has 0 amide bonds. The van der Waals surface area contributed by atoms with Crippen LogP contribution < -0.4 is 4.74 Å². The highest BCUT2D eigenvalue weighted by molar-refractivity contribution is 5.88. The largest absolute Gasteiger partial charge is 0.497 e. The fourth-order valence-corrected chi connectivity index (χ4v) is 1.82. The lowest BCUT2D eigenvalue weighted by atomic mass is 10.2. The number of benzene rings is 1. The Morgan fingerprint density at radius 1 is 1.40 bits per heavy atom. The number of carbonyl (C=O) groups is 1. The molecule has 1 aromatic heterocycles. The minimum absolute atomic E-state index is 0.0664. The number of halogens is 2. The van der Waals surface area contributed by atoms with Crippen LogP contribution in [0.15, 0.2) is 30.5 Å². The number of rotatable bonds is 5. The number of methoxy groups -OCH3 is 1. The molecule has 0 saturated carbocycles. The number of hydrogen-bond acceptors (Lipinski definition) is 3. The average Bonchev–Trinajstić information content (AvgIpc) is 2.83. The summed E-state index contributed by atoms with van der Waals surface area (Å²) in [7, 11) is 1.52. The first kappa shape index (κ1) is 14.0. The van der Waals surface area contributed by atoms with Crippen LogP contribution in [-0.4, -0.2) is 28.0 Å². The minimum atomic E-state index is -2.90. The number of carboxylic acid groups (broad SMARTS) is 1. The fraction of sp³-hybridized carbons (Fsp3) is 0.231. The first-order valence-corrected chi connectivity index (χ1v) is 5.73. The van der Waals surface area contributed by atoms with Gasteiger partial charge in [-0.2, -0.15) is 5.10 Å². The number of ether oxygens (including phenoxy) is 1. The van der Waals surface area contributed by atoms with E-state index in [9.17, 15) is 13.6 Å². The lowest BCUT2D eigenvalue weighted by Crippen LogP contribution is -2.09. The van der Waals surface area contributed by atoms with Crippen molar-refractivity contribution in [2.75, 3.05) is 7.11 Å². The van der Waals surface area contributed by atoms with Crippen molar-refractivity contribution < 1.29 is 23.4 Å². The molecule has 0 unspecified atom stereocenters. The number of hydrogen-bond donors (Lipinski definition) is 1. The second-order valence-corrected chi connectivity index (χ2v) is 4.06. The van der Waals surface area contributed by atoms with E-state index in [2.05, 4.69) is 5.10 Å². The second kappa shape index (κ2) is 5.68. The Balaban J connectivity index is 2.30. The van der Waals surface area contributed by atoms with Gasteiger partial charge in [-0.3, -0.25) is 4.68 Å². The molecule has 0 aliphatic heterocycles. The van der Waals surface area contributed by atoms with Crippen LogP contribution in [0.3, 0.4) is 0 Å². The van der Waals surface area contributed by atoms with Crippen LogP contribution in [0.5, 0.6) is 5.75 Å². The molecule has 0 saturated heterocycles. The zero-order valence-corrected chi connectivity index (χ0v) is 10.6. The van der Waals surface area contributed by atoms with Crippen molar-refractivity contribution in [2.45, 2.75) is 13.0 Å². The van der Waals surface area contributed by atoms with Crippen LogP contribution in [0.4, 0.5) is 8.78 Å². The van der Waals surface area contributed by atoms with Crippen LogP contribution in [-0.2, 0) is 6.54 Å². The molecule has 2 rings (SSSR count). The van der Waals surface area contributed by atoms with Crippen molar-refractivity contribution >= 4 is 5.97 Å². The third-order valence-corrected chi connectivity index (χ3v) is 2.81. The molecule has 106 valence electrons. The van der Waals surface area contributed by atoms with E-state index in [0.29, 0.717) is 11.3 Å². The van der Waals surface area contributed by atoms with Gasteiger partial charge in [-0.05, 0) is 17.7 Å². The molecule has 2 aromatic rings. The maximum absolute atomic E-state index is 13.0. The molecule has 0 radical (unpaired) electrons. The standard InChI is InChI=1S/C13H12F2N2O3/c1-20-9-4-2-8(3-5-9)7-17-11(12(14)15)10(6-16-17)13(18)19/h2-6,12H,7H2,1H3,(H,18,19). The lowest BCUT2D eigenvalue weighted by Gasteiger charge is -2.08. The van der Waals surface area contributed by atoms with Crippen molar-refractivity contribution in [1.29, 1.82) is 0 Å². The highest BCUT2D eigenvalue weighted by Crippen LogP contribution is 2.24. The van der Waals surface area contributed by atoms with Gasteiger partial charge in [0.15, 0.2) is 0 Å². The third kappa shape index (κ3) is 2.76. The van der Waals surface area contributed by atoms with Gasteiger partial charge >= 0.3 is 5.97 Å². The first-order valence-electron chi connectivity index (χ1n) is 5.73. The van der Waals surface area contributed by atoms with Crippen molar-refractivity contribution in [3.05, 3.63) is 47.3 Å². The molecule has 0 fully saturated rings. The summed E-state index contributed by atoms with van der Waals surface area (Å²) in [5, 5.41) is 12.6. The molecule has 1 N–H and O–H groups in total. The monoisotopic (exact) mass is 282 g/mol. The van der Waals surface area contributed by atoms with Gasteiger partial charge in [0.1, 0.15) is 17.0 Å². The van der Waals surface area contributed by atoms with Crippen molar-refractivity contribution in [3.8, 4) is 5.75 Å². The number of alkyl halides is 2. The summed E-state index contributed by atoms with van der Waals surface area (Å²) >= 11 is 0. The Kier molecular flexibility index (Phi) is 3.97. The summed E-state index contributed by atoms with van der Waals surface area (Å²) in [5.74, 6) is -0.768. The lowest BCUT2D eigenvalue weighted by molar-refractivity contribution is 0.0682. The number of carboxylic acids is 1. The Bertz CT molecular complexity index is 609. The van der Waals surface area contributed by atoms with E-state index in [1.165, 1.54) is 7.11 Å². The number of aromatic carboxylic acids is 1. The maximum Gasteiger partial charge on any atom is 0.339 e. The Labute approximate surface area is 113 Å². The summed E-state index contributed by atoms with van der Waals surface area (Å²) < 4.78 is 31.9. The van der Waals surface area contributed by atoms with Gasteiger partial charge in [0.05, 0.1) is 19.9 Å². The van der Waals surface area contributed by atoms with Crippen molar-refractivity contribution in [2.24, 2.45) is 0 Å². The molecule has 1 aromatic carbocycles. The quantitative estimate of drug-likeness (QED) is 0.915. The van der Waals surface area contributed by atoms with E-state index in [4.69, 9.17) is 9.84 Å². The molecule has 0 atom stereocenters.